The van der Waals surface area contributed by atoms with Crippen molar-refractivity contribution in [3.05, 3.63) is 59.7 Å². The number of nitrogens with one attached hydrogen (secondary N) is 1. The number of anilines is 1. The minimum atomic E-state index is -3.84. The lowest BCUT2D eigenvalue weighted by atomic mass is 9.84. The van der Waals surface area contributed by atoms with E-state index >= 15 is 0 Å². The molecule has 0 bridgehead atoms. The van der Waals surface area contributed by atoms with Crippen molar-refractivity contribution in [2.75, 3.05) is 25.0 Å². The minimum Gasteiger partial charge on any atom is -0.354 e. The molecule has 1 heterocycles. The largest absolute Gasteiger partial charge is 0.354 e. The van der Waals surface area contributed by atoms with Gasteiger partial charge in [0.15, 0.2) is 0 Å². The lowest BCUT2D eigenvalue weighted by molar-refractivity contribution is -0.125. The van der Waals surface area contributed by atoms with Gasteiger partial charge < -0.3 is 10.2 Å². The van der Waals surface area contributed by atoms with Crippen LogP contribution in [0.2, 0.25) is 0 Å². The van der Waals surface area contributed by atoms with Crippen LogP contribution in [0.5, 0.6) is 0 Å². The molecule has 0 radical (unpaired) electrons. The molecule has 2 amide bonds. The number of nitrogens with zero attached hydrogens (tertiary/aromatic N) is 2. The Bertz CT molecular complexity index is 1160. The van der Waals surface area contributed by atoms with E-state index in [9.17, 15) is 18.0 Å². The van der Waals surface area contributed by atoms with Gasteiger partial charge in [-0.05, 0) is 61.4 Å². The molecular weight excluding hydrogens is 450 g/mol. The molecule has 1 aliphatic heterocycles. The van der Waals surface area contributed by atoms with Gasteiger partial charge in [0, 0.05) is 31.2 Å². The Morgan fingerprint density at radius 1 is 1.15 bits per heavy atom. The topological polar surface area (TPSA) is 86.8 Å². The third-order valence-electron chi connectivity index (χ3n) is 7.01. The first kappa shape index (κ1) is 24.4. The predicted molar refractivity (Wildman–Crippen MR) is 132 cm³/mol. The minimum absolute atomic E-state index is 0.0103. The lowest BCUT2D eigenvalue weighted by Gasteiger charge is -2.32. The standard InChI is InChI=1S/C26H33N3O4S/c1-18(20-8-5-4-6-9-20)16-27-25(30)17-28(3)34(32,33)23-12-13-24-22(15-23)14-19(2)29(24)26(31)21-10-7-11-21/h4-6,8-9,12-13,15,18-19,21H,7,10-11,14,16-17H2,1-3H3,(H,27,30). The van der Waals surface area contributed by atoms with E-state index in [0.29, 0.717) is 13.0 Å². The third-order valence-corrected chi connectivity index (χ3v) is 8.81. The number of benzene rings is 2. The summed E-state index contributed by atoms with van der Waals surface area (Å²) in [6.07, 6.45) is 3.58. The van der Waals surface area contributed by atoms with Crippen LogP contribution < -0.4 is 10.2 Å². The molecule has 2 unspecified atom stereocenters. The molecule has 2 atom stereocenters. The van der Waals surface area contributed by atoms with Crippen LogP contribution in [0.1, 0.15) is 50.2 Å². The summed E-state index contributed by atoms with van der Waals surface area (Å²) in [6.45, 7) is 4.18. The molecule has 1 N–H and O–H groups in total. The number of amides is 2. The SMILES string of the molecule is CC(CNC(=O)CN(C)S(=O)(=O)c1ccc2c(c1)CC(C)N2C(=O)C1CCC1)c1ccccc1. The fraction of sp³-hybridized carbons (Fsp3) is 0.462. The third kappa shape index (κ3) is 4.88. The summed E-state index contributed by atoms with van der Waals surface area (Å²) in [5, 5.41) is 2.83. The van der Waals surface area contributed by atoms with Gasteiger partial charge in [0.2, 0.25) is 21.8 Å². The van der Waals surface area contributed by atoms with Crippen molar-refractivity contribution in [2.24, 2.45) is 5.92 Å². The Labute approximate surface area is 202 Å². The summed E-state index contributed by atoms with van der Waals surface area (Å²) in [5.41, 5.74) is 2.77. The zero-order valence-corrected chi connectivity index (χ0v) is 20.8. The second kappa shape index (κ2) is 9.88. The van der Waals surface area contributed by atoms with E-state index in [1.807, 2.05) is 49.1 Å². The zero-order valence-electron chi connectivity index (χ0n) is 20.0. The van der Waals surface area contributed by atoms with Crippen LogP contribution in [0, 0.1) is 5.92 Å². The van der Waals surface area contributed by atoms with Gasteiger partial charge in [-0.15, -0.1) is 0 Å². The number of hydrogen-bond acceptors (Lipinski definition) is 4. The second-order valence-corrected chi connectivity index (χ2v) is 11.6. The fourth-order valence-corrected chi connectivity index (χ4v) is 5.82. The van der Waals surface area contributed by atoms with Crippen LogP contribution >= 0.6 is 0 Å². The van der Waals surface area contributed by atoms with E-state index in [2.05, 4.69) is 5.32 Å². The first-order valence-corrected chi connectivity index (χ1v) is 13.4. The first-order valence-electron chi connectivity index (χ1n) is 11.9. The number of hydrogen-bond donors (Lipinski definition) is 1. The van der Waals surface area contributed by atoms with Gasteiger partial charge >= 0.3 is 0 Å². The van der Waals surface area contributed by atoms with Gasteiger partial charge in [-0.1, -0.05) is 43.7 Å². The van der Waals surface area contributed by atoms with Crippen LogP contribution in [0.3, 0.4) is 0 Å². The van der Waals surface area contributed by atoms with Crippen LogP contribution in [0.4, 0.5) is 5.69 Å². The van der Waals surface area contributed by atoms with Gasteiger partial charge in [-0.2, -0.15) is 4.31 Å². The number of sulfonamides is 1. The molecule has 4 rings (SSSR count). The highest BCUT2D eigenvalue weighted by Crippen LogP contribution is 2.38. The molecule has 34 heavy (non-hydrogen) atoms. The number of rotatable bonds is 8. The van der Waals surface area contributed by atoms with E-state index in [1.165, 1.54) is 7.05 Å². The predicted octanol–water partition coefficient (Wildman–Crippen LogP) is 3.30. The second-order valence-electron chi connectivity index (χ2n) is 9.56. The molecule has 1 fully saturated rings. The number of carbonyl (C=O) groups excluding carboxylic acids is 2. The van der Waals surface area contributed by atoms with Crippen LogP contribution in [-0.2, 0) is 26.0 Å². The van der Waals surface area contributed by atoms with E-state index in [0.717, 1.165) is 40.4 Å². The molecule has 1 aliphatic carbocycles. The molecule has 7 nitrogen and oxygen atoms in total. The highest BCUT2D eigenvalue weighted by atomic mass is 32.2. The average Bonchev–Trinajstić information content (AvgIpc) is 3.11. The van der Waals surface area contributed by atoms with Gasteiger partial charge in [-0.3, -0.25) is 9.59 Å². The number of likely N-dealkylation sites (N-methyl/N-ethyl adjacent to an activating group) is 1. The van der Waals surface area contributed by atoms with E-state index in [-0.39, 0.29) is 41.1 Å². The van der Waals surface area contributed by atoms with Crippen LogP contribution in [0.15, 0.2) is 53.4 Å². The maximum absolute atomic E-state index is 13.2. The van der Waals surface area contributed by atoms with Crippen molar-refractivity contribution in [3.63, 3.8) is 0 Å². The summed E-state index contributed by atoms with van der Waals surface area (Å²) < 4.78 is 27.4. The molecule has 8 heteroatoms. The van der Waals surface area contributed by atoms with E-state index in [4.69, 9.17) is 0 Å². The fourth-order valence-electron chi connectivity index (χ4n) is 4.65. The lowest BCUT2D eigenvalue weighted by Crippen LogP contribution is -2.42. The first-order chi connectivity index (χ1) is 16.2. The number of carbonyl (C=O) groups is 2. The maximum Gasteiger partial charge on any atom is 0.243 e. The summed E-state index contributed by atoms with van der Waals surface area (Å²) in [4.78, 5) is 27.3. The maximum atomic E-state index is 13.2. The van der Waals surface area contributed by atoms with Crippen LogP contribution in [-0.4, -0.2) is 50.7 Å². The average molecular weight is 484 g/mol. The molecule has 2 aromatic rings. The van der Waals surface area contributed by atoms with Crippen molar-refractivity contribution in [3.8, 4) is 0 Å². The van der Waals surface area contributed by atoms with E-state index in [1.54, 1.807) is 18.2 Å². The Morgan fingerprint density at radius 3 is 2.50 bits per heavy atom. The normalized spacial score (nSPS) is 18.9. The monoisotopic (exact) mass is 483 g/mol. The van der Waals surface area contributed by atoms with Gasteiger partial charge in [-0.25, -0.2) is 8.42 Å². The van der Waals surface area contributed by atoms with E-state index < -0.39 is 10.0 Å². The van der Waals surface area contributed by atoms with Crippen molar-refractivity contribution in [2.45, 2.75) is 56.4 Å². The molecular formula is C26H33N3O4S. The Morgan fingerprint density at radius 2 is 1.85 bits per heavy atom. The Balaban J connectivity index is 1.40. The van der Waals surface area contributed by atoms with Crippen molar-refractivity contribution in [1.29, 1.82) is 0 Å². The zero-order chi connectivity index (χ0) is 24.5. The summed E-state index contributed by atoms with van der Waals surface area (Å²) in [5.74, 6) is 0.00922. The molecule has 1 saturated carbocycles. The van der Waals surface area contributed by atoms with Crippen molar-refractivity contribution >= 4 is 27.5 Å². The molecule has 0 saturated heterocycles. The smallest absolute Gasteiger partial charge is 0.243 e. The highest BCUT2D eigenvalue weighted by molar-refractivity contribution is 7.89. The van der Waals surface area contributed by atoms with Gasteiger partial charge in [0.25, 0.3) is 0 Å². The molecule has 0 spiro atoms. The number of fused-ring (bicyclic) bond motifs is 1. The molecule has 2 aromatic carbocycles. The molecule has 0 aromatic heterocycles. The molecule has 182 valence electrons. The quantitative estimate of drug-likeness (QED) is 0.624. The van der Waals surface area contributed by atoms with Crippen LogP contribution in [0.25, 0.3) is 0 Å². The summed E-state index contributed by atoms with van der Waals surface area (Å²) in [7, 11) is -2.43. The van der Waals surface area contributed by atoms with Crippen molar-refractivity contribution < 1.29 is 18.0 Å². The Kier molecular flexibility index (Phi) is 7.09. The van der Waals surface area contributed by atoms with Crippen molar-refractivity contribution in [1.82, 2.24) is 9.62 Å². The summed E-state index contributed by atoms with van der Waals surface area (Å²) in [6, 6.07) is 14.8. The summed E-state index contributed by atoms with van der Waals surface area (Å²) >= 11 is 0. The molecule has 2 aliphatic rings. The highest BCUT2D eigenvalue weighted by Gasteiger charge is 2.37. The van der Waals surface area contributed by atoms with Gasteiger partial charge in [0.1, 0.15) is 0 Å². The Hall–Kier alpha value is -2.71. The van der Waals surface area contributed by atoms with Gasteiger partial charge in [0.05, 0.1) is 11.4 Å².